The van der Waals surface area contributed by atoms with Crippen LogP contribution in [0.4, 0.5) is 5.69 Å². The van der Waals surface area contributed by atoms with Gasteiger partial charge in [0.15, 0.2) is 0 Å². The molecule has 2 aromatic heterocycles. The molecule has 0 fully saturated rings. The second kappa shape index (κ2) is 7.53. The molecule has 0 unspecified atom stereocenters. The number of sulfonamides is 1. The van der Waals surface area contributed by atoms with Crippen molar-refractivity contribution in [1.82, 2.24) is 19.6 Å². The average molecular weight is 444 g/mol. The summed E-state index contributed by atoms with van der Waals surface area (Å²) in [6, 6.07) is 4.42. The third kappa shape index (κ3) is 3.75. The molecule has 0 atom stereocenters. The fraction of sp³-hybridized carbons (Fsp3) is 0.250. The fourth-order valence-electron chi connectivity index (χ4n) is 2.45. The van der Waals surface area contributed by atoms with Gasteiger partial charge in [-0.1, -0.05) is 23.2 Å². The van der Waals surface area contributed by atoms with Gasteiger partial charge in [0.1, 0.15) is 0 Å². The lowest BCUT2D eigenvalue weighted by Gasteiger charge is -2.12. The number of fused-ring (bicyclic) bond motifs is 1. The topological polar surface area (TPSA) is 116 Å². The Morgan fingerprint density at radius 3 is 2.64 bits per heavy atom. The first-order valence-electron chi connectivity index (χ1n) is 8.03. The van der Waals surface area contributed by atoms with Crippen molar-refractivity contribution < 1.29 is 17.9 Å². The number of nitrogens with zero attached hydrogens (tertiary/aromatic N) is 4. The van der Waals surface area contributed by atoms with Gasteiger partial charge in [0.2, 0.25) is 0 Å². The molecular formula is C16H15Cl2N5O4S. The van der Waals surface area contributed by atoms with Crippen LogP contribution in [0.1, 0.15) is 28.7 Å². The molecule has 1 aromatic carbocycles. The predicted octanol–water partition coefficient (Wildman–Crippen LogP) is 3.03. The van der Waals surface area contributed by atoms with Crippen LogP contribution in [0.3, 0.4) is 0 Å². The molecule has 0 saturated heterocycles. The first kappa shape index (κ1) is 20.3. The van der Waals surface area contributed by atoms with E-state index in [2.05, 4.69) is 19.8 Å². The van der Waals surface area contributed by atoms with Gasteiger partial charge < -0.3 is 4.74 Å². The molecule has 3 rings (SSSR count). The number of anilines is 1. The third-order valence-electron chi connectivity index (χ3n) is 3.66. The number of benzene rings is 1. The number of aromatic nitrogens is 4. The lowest BCUT2D eigenvalue weighted by atomic mass is 10.2. The molecule has 148 valence electrons. The molecule has 12 heteroatoms. The van der Waals surface area contributed by atoms with Crippen LogP contribution in [-0.4, -0.2) is 40.6 Å². The summed E-state index contributed by atoms with van der Waals surface area (Å²) in [7, 11) is -4.26. The Hall–Kier alpha value is -2.43. The van der Waals surface area contributed by atoms with Crippen LogP contribution in [0.5, 0.6) is 0 Å². The summed E-state index contributed by atoms with van der Waals surface area (Å²) in [5.74, 6) is -0.568. The fourth-order valence-corrected chi connectivity index (χ4v) is 4.07. The van der Waals surface area contributed by atoms with E-state index in [9.17, 15) is 13.2 Å². The predicted molar refractivity (Wildman–Crippen MR) is 103 cm³/mol. The number of aryl methyl sites for hydroxylation is 2. The Balaban J connectivity index is 2.04. The number of ether oxygens (including phenoxy) is 1. The first-order chi connectivity index (χ1) is 13.1. The molecule has 3 aromatic rings. The standard InChI is InChI=1S/C16H15Cl2N5O4S/c1-4-27-14(24)10-5-6-11(17)13(12(10)18)22-28(25,26)16-20-15-19-8(2)7-9(3)23(15)21-16/h5-7,22H,4H2,1-3H3. The average Bonchev–Trinajstić information content (AvgIpc) is 3.04. The van der Waals surface area contributed by atoms with Gasteiger partial charge in [-0.3, -0.25) is 4.72 Å². The minimum absolute atomic E-state index is 0.00413. The molecule has 0 saturated carbocycles. The van der Waals surface area contributed by atoms with Crippen molar-refractivity contribution in [1.29, 1.82) is 0 Å². The largest absolute Gasteiger partial charge is 0.462 e. The highest BCUT2D eigenvalue weighted by molar-refractivity contribution is 7.92. The molecule has 1 N–H and O–H groups in total. The van der Waals surface area contributed by atoms with Crippen LogP contribution in [0.15, 0.2) is 23.4 Å². The highest BCUT2D eigenvalue weighted by Gasteiger charge is 2.26. The second-order valence-corrected chi connectivity index (χ2v) is 8.12. The molecule has 0 spiro atoms. The lowest BCUT2D eigenvalue weighted by molar-refractivity contribution is 0.0526. The van der Waals surface area contributed by atoms with Crippen LogP contribution >= 0.6 is 23.2 Å². The van der Waals surface area contributed by atoms with E-state index in [4.69, 9.17) is 27.9 Å². The molecule has 0 bridgehead atoms. The van der Waals surface area contributed by atoms with Crippen LogP contribution in [0.25, 0.3) is 5.78 Å². The number of halogens is 2. The van der Waals surface area contributed by atoms with E-state index in [1.165, 1.54) is 16.6 Å². The maximum Gasteiger partial charge on any atom is 0.339 e. The molecule has 0 aliphatic rings. The van der Waals surface area contributed by atoms with Gasteiger partial charge in [-0.25, -0.2) is 14.3 Å². The zero-order chi connectivity index (χ0) is 20.6. The summed E-state index contributed by atoms with van der Waals surface area (Å²) >= 11 is 12.3. The highest BCUT2D eigenvalue weighted by Crippen LogP contribution is 2.35. The molecule has 28 heavy (non-hydrogen) atoms. The number of rotatable bonds is 5. The van der Waals surface area contributed by atoms with Gasteiger partial charge in [0.05, 0.1) is 27.9 Å². The minimum atomic E-state index is -4.26. The zero-order valence-electron chi connectivity index (χ0n) is 15.0. The number of hydrogen-bond acceptors (Lipinski definition) is 7. The second-order valence-electron chi connectivity index (χ2n) is 5.75. The Kier molecular flexibility index (Phi) is 5.46. The van der Waals surface area contributed by atoms with Crippen LogP contribution < -0.4 is 4.72 Å². The maximum absolute atomic E-state index is 12.8. The van der Waals surface area contributed by atoms with Crippen molar-refractivity contribution in [2.45, 2.75) is 25.9 Å². The van der Waals surface area contributed by atoms with E-state index in [0.717, 1.165) is 0 Å². The van der Waals surface area contributed by atoms with Crippen molar-refractivity contribution in [2.75, 3.05) is 11.3 Å². The maximum atomic E-state index is 12.8. The quantitative estimate of drug-likeness (QED) is 0.602. The van der Waals surface area contributed by atoms with E-state index in [1.807, 2.05) is 0 Å². The first-order valence-corrected chi connectivity index (χ1v) is 10.3. The molecule has 0 aliphatic carbocycles. The van der Waals surface area contributed by atoms with Gasteiger partial charge in [0.25, 0.3) is 21.0 Å². The monoisotopic (exact) mass is 443 g/mol. The van der Waals surface area contributed by atoms with E-state index in [-0.39, 0.29) is 33.7 Å². The van der Waals surface area contributed by atoms with Gasteiger partial charge in [-0.05, 0) is 39.0 Å². The number of carbonyl (C=O) groups excluding carboxylic acids is 1. The van der Waals surface area contributed by atoms with E-state index in [1.54, 1.807) is 26.8 Å². The van der Waals surface area contributed by atoms with Crippen molar-refractivity contribution in [2.24, 2.45) is 0 Å². The molecular weight excluding hydrogens is 429 g/mol. The SMILES string of the molecule is CCOC(=O)c1ccc(Cl)c(NS(=O)(=O)c2nc3nc(C)cc(C)n3n2)c1Cl. The normalized spacial score (nSPS) is 11.6. The van der Waals surface area contributed by atoms with Crippen molar-refractivity contribution in [3.63, 3.8) is 0 Å². The van der Waals surface area contributed by atoms with Crippen LogP contribution in [0, 0.1) is 13.8 Å². The van der Waals surface area contributed by atoms with Gasteiger partial charge >= 0.3 is 5.97 Å². The van der Waals surface area contributed by atoms with Gasteiger partial charge in [-0.15, -0.1) is 5.10 Å². The number of esters is 1. The Morgan fingerprint density at radius 2 is 1.96 bits per heavy atom. The Morgan fingerprint density at radius 1 is 1.25 bits per heavy atom. The number of nitrogens with one attached hydrogen (secondary N) is 1. The number of carbonyl (C=O) groups is 1. The Bertz CT molecular complexity index is 1190. The van der Waals surface area contributed by atoms with E-state index >= 15 is 0 Å². The van der Waals surface area contributed by atoms with Gasteiger partial charge in [0, 0.05) is 11.4 Å². The highest BCUT2D eigenvalue weighted by atomic mass is 35.5. The smallest absolute Gasteiger partial charge is 0.339 e. The van der Waals surface area contributed by atoms with Crippen molar-refractivity contribution in [3.05, 3.63) is 45.2 Å². The summed E-state index contributed by atoms with van der Waals surface area (Å²) < 4.78 is 34.0. The summed E-state index contributed by atoms with van der Waals surface area (Å²) in [5.41, 5.74) is 1.13. The summed E-state index contributed by atoms with van der Waals surface area (Å²) in [6.07, 6.45) is 0. The van der Waals surface area contributed by atoms with E-state index in [0.29, 0.717) is 11.4 Å². The molecule has 9 nitrogen and oxygen atoms in total. The molecule has 0 radical (unpaired) electrons. The third-order valence-corrected chi connectivity index (χ3v) is 5.50. The van der Waals surface area contributed by atoms with Gasteiger partial charge in [-0.2, -0.15) is 13.4 Å². The molecule has 2 heterocycles. The summed E-state index contributed by atoms with van der Waals surface area (Å²) in [6.45, 7) is 5.28. The minimum Gasteiger partial charge on any atom is -0.462 e. The van der Waals surface area contributed by atoms with E-state index < -0.39 is 21.1 Å². The molecule has 0 aliphatic heterocycles. The van der Waals surface area contributed by atoms with Crippen molar-refractivity contribution in [3.8, 4) is 0 Å². The molecule has 0 amide bonds. The Labute approximate surface area is 170 Å². The number of hydrogen-bond donors (Lipinski definition) is 1. The van der Waals surface area contributed by atoms with Crippen LogP contribution in [-0.2, 0) is 14.8 Å². The zero-order valence-corrected chi connectivity index (χ0v) is 17.4. The lowest BCUT2D eigenvalue weighted by Crippen LogP contribution is -2.16. The van der Waals surface area contributed by atoms with Crippen LogP contribution in [0.2, 0.25) is 10.0 Å². The summed E-state index contributed by atoms with van der Waals surface area (Å²) in [5, 5.41) is 3.28. The summed E-state index contributed by atoms with van der Waals surface area (Å²) in [4.78, 5) is 20.1. The van der Waals surface area contributed by atoms with Crippen molar-refractivity contribution >= 4 is 50.7 Å².